The minimum Gasteiger partial charge on any atom is -0.397 e. The standard InChI is InChI=1S/C13H16N4OS/c14-10-4-7-19-12(10)13(18)17-6-1-2-9(8-17)11-3-5-15-16-11/h3-5,7,9H,1-2,6,8,14H2,(H,15,16). The summed E-state index contributed by atoms with van der Waals surface area (Å²) in [4.78, 5) is 15.0. The average Bonchev–Trinajstić information content (AvgIpc) is 3.09. The normalized spacial score (nSPS) is 19.6. The van der Waals surface area contributed by atoms with Crippen LogP contribution in [0.5, 0.6) is 0 Å². The van der Waals surface area contributed by atoms with Crippen molar-refractivity contribution < 1.29 is 4.79 Å². The second-order valence-electron chi connectivity index (χ2n) is 4.81. The van der Waals surface area contributed by atoms with Crippen LogP contribution < -0.4 is 5.73 Å². The smallest absolute Gasteiger partial charge is 0.266 e. The first-order valence-corrected chi connectivity index (χ1v) is 7.25. The van der Waals surface area contributed by atoms with E-state index in [1.165, 1.54) is 11.3 Å². The van der Waals surface area contributed by atoms with Gasteiger partial charge in [-0.3, -0.25) is 9.89 Å². The molecular formula is C13H16N4OS. The molecule has 0 saturated carbocycles. The SMILES string of the molecule is Nc1ccsc1C(=O)N1CCCC(c2ccn[nH]2)C1. The summed E-state index contributed by atoms with van der Waals surface area (Å²) in [5.74, 6) is 0.401. The number of rotatable bonds is 2. The molecule has 0 spiro atoms. The number of hydrogen-bond donors (Lipinski definition) is 2. The summed E-state index contributed by atoms with van der Waals surface area (Å²) < 4.78 is 0. The molecule has 0 aliphatic carbocycles. The van der Waals surface area contributed by atoms with E-state index in [1.54, 1.807) is 12.3 Å². The number of carbonyl (C=O) groups is 1. The third-order valence-electron chi connectivity index (χ3n) is 3.56. The molecule has 3 rings (SSSR count). The van der Waals surface area contributed by atoms with E-state index >= 15 is 0 Å². The lowest BCUT2D eigenvalue weighted by molar-refractivity contribution is 0.0712. The van der Waals surface area contributed by atoms with Gasteiger partial charge in [0.05, 0.1) is 5.69 Å². The Labute approximate surface area is 115 Å². The van der Waals surface area contributed by atoms with Gasteiger partial charge in [0.1, 0.15) is 4.88 Å². The number of nitrogens with two attached hydrogens (primary N) is 1. The van der Waals surface area contributed by atoms with Crippen molar-refractivity contribution in [2.45, 2.75) is 18.8 Å². The molecule has 3 heterocycles. The number of amides is 1. The lowest BCUT2D eigenvalue weighted by Crippen LogP contribution is -2.39. The molecule has 1 aliphatic rings. The second kappa shape index (κ2) is 5.05. The van der Waals surface area contributed by atoms with Crippen LogP contribution in [0.2, 0.25) is 0 Å². The highest BCUT2D eigenvalue weighted by atomic mass is 32.1. The van der Waals surface area contributed by atoms with Crippen molar-refractivity contribution in [1.29, 1.82) is 0 Å². The van der Waals surface area contributed by atoms with Crippen LogP contribution >= 0.6 is 11.3 Å². The molecule has 2 aromatic heterocycles. The Balaban J connectivity index is 1.75. The maximum atomic E-state index is 12.4. The summed E-state index contributed by atoms with van der Waals surface area (Å²) in [5.41, 5.74) is 7.51. The third kappa shape index (κ3) is 2.35. The van der Waals surface area contributed by atoms with Gasteiger partial charge in [-0.2, -0.15) is 5.10 Å². The van der Waals surface area contributed by atoms with Crippen LogP contribution in [0.4, 0.5) is 5.69 Å². The minimum absolute atomic E-state index is 0.0525. The van der Waals surface area contributed by atoms with Crippen LogP contribution in [-0.2, 0) is 0 Å². The van der Waals surface area contributed by atoms with E-state index in [-0.39, 0.29) is 5.91 Å². The Kier molecular flexibility index (Phi) is 3.25. The number of aromatic nitrogens is 2. The molecule has 1 unspecified atom stereocenters. The highest BCUT2D eigenvalue weighted by molar-refractivity contribution is 7.12. The Hall–Kier alpha value is -1.82. The first-order chi connectivity index (χ1) is 9.25. The van der Waals surface area contributed by atoms with Gasteiger partial charge in [0, 0.05) is 30.9 Å². The lowest BCUT2D eigenvalue weighted by Gasteiger charge is -2.32. The predicted octanol–water partition coefficient (Wildman–Crippen LogP) is 2.07. The fourth-order valence-electron chi connectivity index (χ4n) is 2.55. The average molecular weight is 276 g/mol. The zero-order chi connectivity index (χ0) is 13.2. The molecule has 6 heteroatoms. The van der Waals surface area contributed by atoms with Gasteiger partial charge in [-0.1, -0.05) is 0 Å². The number of nitrogens with one attached hydrogen (secondary N) is 1. The van der Waals surface area contributed by atoms with E-state index < -0.39 is 0 Å². The summed E-state index contributed by atoms with van der Waals surface area (Å²) in [6.45, 7) is 1.54. The van der Waals surface area contributed by atoms with Crippen molar-refractivity contribution >= 4 is 22.9 Å². The molecule has 19 heavy (non-hydrogen) atoms. The van der Waals surface area contributed by atoms with Crippen molar-refractivity contribution in [2.24, 2.45) is 0 Å². The van der Waals surface area contributed by atoms with Gasteiger partial charge in [0.2, 0.25) is 0 Å². The molecule has 1 atom stereocenters. The maximum Gasteiger partial charge on any atom is 0.266 e. The van der Waals surface area contributed by atoms with Crippen LogP contribution in [-0.4, -0.2) is 34.1 Å². The summed E-state index contributed by atoms with van der Waals surface area (Å²) in [5, 5.41) is 8.85. The number of carbonyl (C=O) groups excluding carboxylic acids is 1. The molecule has 100 valence electrons. The fourth-order valence-corrected chi connectivity index (χ4v) is 3.33. The molecule has 0 radical (unpaired) electrons. The zero-order valence-corrected chi connectivity index (χ0v) is 11.3. The van der Waals surface area contributed by atoms with Crippen LogP contribution in [0.25, 0.3) is 0 Å². The molecule has 3 N–H and O–H groups in total. The van der Waals surface area contributed by atoms with E-state index in [2.05, 4.69) is 10.2 Å². The molecule has 2 aromatic rings. The summed E-state index contributed by atoms with van der Waals surface area (Å²) >= 11 is 1.41. The van der Waals surface area contributed by atoms with Crippen molar-refractivity contribution in [1.82, 2.24) is 15.1 Å². The number of aromatic amines is 1. The van der Waals surface area contributed by atoms with E-state index in [9.17, 15) is 4.79 Å². The highest BCUT2D eigenvalue weighted by Gasteiger charge is 2.27. The monoisotopic (exact) mass is 276 g/mol. The Morgan fingerprint density at radius 3 is 3.11 bits per heavy atom. The van der Waals surface area contributed by atoms with Gasteiger partial charge in [0.25, 0.3) is 5.91 Å². The van der Waals surface area contributed by atoms with E-state index in [4.69, 9.17) is 5.73 Å². The molecule has 1 fully saturated rings. The van der Waals surface area contributed by atoms with Gasteiger partial charge < -0.3 is 10.6 Å². The topological polar surface area (TPSA) is 75.0 Å². The third-order valence-corrected chi connectivity index (χ3v) is 4.48. The zero-order valence-electron chi connectivity index (χ0n) is 10.5. The Bertz CT molecular complexity index is 563. The number of thiophene rings is 1. The van der Waals surface area contributed by atoms with Crippen LogP contribution in [0.3, 0.4) is 0 Å². The quantitative estimate of drug-likeness (QED) is 0.881. The van der Waals surface area contributed by atoms with E-state index in [1.807, 2.05) is 16.3 Å². The second-order valence-corrected chi connectivity index (χ2v) is 5.72. The molecular weight excluding hydrogens is 260 g/mol. The van der Waals surface area contributed by atoms with Crippen LogP contribution in [0, 0.1) is 0 Å². The number of likely N-dealkylation sites (tertiary alicyclic amines) is 1. The molecule has 1 amide bonds. The number of hydrogen-bond acceptors (Lipinski definition) is 4. The number of anilines is 1. The van der Waals surface area contributed by atoms with Gasteiger partial charge in [0.15, 0.2) is 0 Å². The largest absolute Gasteiger partial charge is 0.397 e. The Morgan fingerprint density at radius 2 is 2.42 bits per heavy atom. The number of H-pyrrole nitrogens is 1. The van der Waals surface area contributed by atoms with Gasteiger partial charge in [-0.15, -0.1) is 11.3 Å². The van der Waals surface area contributed by atoms with Gasteiger partial charge in [-0.05, 0) is 30.4 Å². The summed E-state index contributed by atoms with van der Waals surface area (Å²) in [6, 6.07) is 3.77. The molecule has 1 aliphatic heterocycles. The van der Waals surface area contributed by atoms with Crippen LogP contribution in [0.1, 0.15) is 34.1 Å². The molecule has 0 aromatic carbocycles. The number of nitrogen functional groups attached to an aromatic ring is 1. The minimum atomic E-state index is 0.0525. The van der Waals surface area contributed by atoms with Crippen molar-refractivity contribution in [3.63, 3.8) is 0 Å². The van der Waals surface area contributed by atoms with Gasteiger partial charge >= 0.3 is 0 Å². The van der Waals surface area contributed by atoms with Crippen molar-refractivity contribution in [3.05, 3.63) is 34.3 Å². The van der Waals surface area contributed by atoms with Gasteiger partial charge in [-0.25, -0.2) is 0 Å². The number of piperidine rings is 1. The first-order valence-electron chi connectivity index (χ1n) is 6.37. The summed E-state index contributed by atoms with van der Waals surface area (Å²) in [6.07, 6.45) is 3.86. The first kappa shape index (κ1) is 12.2. The fraction of sp³-hybridized carbons (Fsp3) is 0.385. The molecule has 1 saturated heterocycles. The Morgan fingerprint density at radius 1 is 1.53 bits per heavy atom. The van der Waals surface area contributed by atoms with Crippen molar-refractivity contribution in [3.8, 4) is 0 Å². The van der Waals surface area contributed by atoms with Crippen LogP contribution in [0.15, 0.2) is 23.7 Å². The van der Waals surface area contributed by atoms with E-state index in [0.717, 1.165) is 31.6 Å². The number of nitrogens with zero attached hydrogens (tertiary/aromatic N) is 2. The molecule has 0 bridgehead atoms. The molecule has 5 nitrogen and oxygen atoms in total. The lowest BCUT2D eigenvalue weighted by atomic mass is 9.95. The predicted molar refractivity (Wildman–Crippen MR) is 75.2 cm³/mol. The highest BCUT2D eigenvalue weighted by Crippen LogP contribution is 2.28. The van der Waals surface area contributed by atoms with Crippen molar-refractivity contribution in [2.75, 3.05) is 18.8 Å². The summed E-state index contributed by atoms with van der Waals surface area (Å²) in [7, 11) is 0. The van der Waals surface area contributed by atoms with E-state index in [0.29, 0.717) is 16.5 Å². The maximum absolute atomic E-state index is 12.4.